The Morgan fingerprint density at radius 1 is 1.48 bits per heavy atom. The lowest BCUT2D eigenvalue weighted by Crippen LogP contribution is -2.17. The monoisotopic (exact) mass is 288 g/mol. The second-order valence-electron chi connectivity index (χ2n) is 4.83. The highest BCUT2D eigenvalue weighted by atomic mass is 16.5. The number of nitrogens with one attached hydrogen (secondary N) is 1. The lowest BCUT2D eigenvalue weighted by atomic mass is 10.2. The molecule has 21 heavy (non-hydrogen) atoms. The van der Waals surface area contributed by atoms with Crippen LogP contribution in [-0.4, -0.2) is 30.2 Å². The summed E-state index contributed by atoms with van der Waals surface area (Å²) < 4.78 is 16.1. The molecule has 110 valence electrons. The average molecular weight is 288 g/mol. The van der Waals surface area contributed by atoms with Gasteiger partial charge in [-0.1, -0.05) is 0 Å². The quantitative estimate of drug-likeness (QED) is 0.935. The number of hydrogen-bond donors (Lipinski definition) is 1. The summed E-state index contributed by atoms with van der Waals surface area (Å²) in [7, 11) is 0. The molecule has 0 aliphatic carbocycles. The Labute approximate surface area is 122 Å². The van der Waals surface area contributed by atoms with Crippen molar-refractivity contribution in [2.45, 2.75) is 19.4 Å². The number of carbonyl (C=O) groups is 1. The highest BCUT2D eigenvalue weighted by Gasteiger charge is 2.18. The molecule has 1 fully saturated rings. The summed E-state index contributed by atoms with van der Waals surface area (Å²) >= 11 is 0. The van der Waals surface area contributed by atoms with Gasteiger partial charge in [0.05, 0.1) is 25.0 Å². The van der Waals surface area contributed by atoms with Gasteiger partial charge < -0.3 is 19.2 Å². The third-order valence-electron chi connectivity index (χ3n) is 3.27. The SMILES string of the molecule is Cc1occc1C(=O)Nc1ccnc(O[C@@H]2CCOC2)c1. The number of hydrogen-bond acceptors (Lipinski definition) is 5. The molecule has 0 saturated carbocycles. The van der Waals surface area contributed by atoms with Crippen LogP contribution in [0.25, 0.3) is 0 Å². The molecule has 1 atom stereocenters. The predicted octanol–water partition coefficient (Wildman–Crippen LogP) is 2.40. The van der Waals surface area contributed by atoms with Gasteiger partial charge in [0, 0.05) is 24.4 Å². The first-order valence-electron chi connectivity index (χ1n) is 6.78. The number of ether oxygens (including phenoxy) is 2. The highest BCUT2D eigenvalue weighted by Crippen LogP contribution is 2.19. The van der Waals surface area contributed by atoms with Crippen LogP contribution in [0.15, 0.2) is 35.1 Å². The first kappa shape index (κ1) is 13.6. The van der Waals surface area contributed by atoms with Crippen LogP contribution in [0.5, 0.6) is 5.88 Å². The minimum Gasteiger partial charge on any atom is -0.472 e. The molecule has 0 spiro atoms. The minimum atomic E-state index is -0.220. The normalized spacial score (nSPS) is 17.7. The average Bonchev–Trinajstić information content (AvgIpc) is 3.10. The van der Waals surface area contributed by atoms with Gasteiger partial charge in [-0.3, -0.25) is 4.79 Å². The number of aryl methyl sites for hydroxylation is 1. The topological polar surface area (TPSA) is 73.6 Å². The van der Waals surface area contributed by atoms with Gasteiger partial charge in [-0.25, -0.2) is 4.98 Å². The molecule has 1 aliphatic rings. The molecule has 6 nitrogen and oxygen atoms in total. The fraction of sp³-hybridized carbons (Fsp3) is 0.333. The Kier molecular flexibility index (Phi) is 3.87. The number of carbonyl (C=O) groups excluding carboxylic acids is 1. The van der Waals surface area contributed by atoms with Crippen molar-refractivity contribution in [3.63, 3.8) is 0 Å². The van der Waals surface area contributed by atoms with Crippen LogP contribution in [-0.2, 0) is 4.74 Å². The minimum absolute atomic E-state index is 0.0274. The van der Waals surface area contributed by atoms with Crippen molar-refractivity contribution < 1.29 is 18.7 Å². The molecule has 2 aromatic heterocycles. The van der Waals surface area contributed by atoms with Gasteiger partial charge in [0.15, 0.2) is 0 Å². The zero-order valence-corrected chi connectivity index (χ0v) is 11.7. The van der Waals surface area contributed by atoms with Crippen molar-refractivity contribution in [2.75, 3.05) is 18.5 Å². The van der Waals surface area contributed by atoms with Crippen molar-refractivity contribution >= 4 is 11.6 Å². The van der Waals surface area contributed by atoms with E-state index in [4.69, 9.17) is 13.9 Å². The molecule has 0 bridgehead atoms. The van der Waals surface area contributed by atoms with E-state index in [1.807, 2.05) is 0 Å². The van der Waals surface area contributed by atoms with Crippen LogP contribution in [0.2, 0.25) is 0 Å². The van der Waals surface area contributed by atoms with E-state index >= 15 is 0 Å². The van der Waals surface area contributed by atoms with E-state index in [-0.39, 0.29) is 12.0 Å². The highest BCUT2D eigenvalue weighted by molar-refractivity contribution is 6.04. The van der Waals surface area contributed by atoms with Crippen LogP contribution < -0.4 is 10.1 Å². The Morgan fingerprint density at radius 2 is 2.38 bits per heavy atom. The number of amides is 1. The van der Waals surface area contributed by atoms with E-state index < -0.39 is 0 Å². The summed E-state index contributed by atoms with van der Waals surface area (Å²) in [5.74, 6) is 0.843. The second-order valence-corrected chi connectivity index (χ2v) is 4.83. The zero-order valence-electron chi connectivity index (χ0n) is 11.7. The first-order chi connectivity index (χ1) is 10.2. The molecule has 1 aliphatic heterocycles. The molecule has 1 N–H and O–H groups in total. The lowest BCUT2D eigenvalue weighted by Gasteiger charge is -2.11. The molecule has 3 rings (SSSR count). The summed E-state index contributed by atoms with van der Waals surface area (Å²) in [6, 6.07) is 5.05. The van der Waals surface area contributed by atoms with Gasteiger partial charge in [-0.15, -0.1) is 0 Å². The van der Waals surface area contributed by atoms with E-state index in [0.717, 1.165) is 6.42 Å². The van der Waals surface area contributed by atoms with Crippen molar-refractivity contribution in [3.05, 3.63) is 42.0 Å². The first-order valence-corrected chi connectivity index (χ1v) is 6.78. The van der Waals surface area contributed by atoms with E-state index in [0.29, 0.717) is 36.1 Å². The molecule has 0 radical (unpaired) electrons. The number of furan rings is 1. The van der Waals surface area contributed by atoms with E-state index in [1.54, 1.807) is 31.3 Å². The predicted molar refractivity (Wildman–Crippen MR) is 75.5 cm³/mol. The molecule has 0 unspecified atom stereocenters. The van der Waals surface area contributed by atoms with Crippen molar-refractivity contribution in [2.24, 2.45) is 0 Å². The molecule has 6 heteroatoms. The summed E-state index contributed by atoms with van der Waals surface area (Å²) in [6.07, 6.45) is 3.97. The molecule has 1 amide bonds. The molecular formula is C15H16N2O4. The van der Waals surface area contributed by atoms with Gasteiger partial charge in [0.1, 0.15) is 11.9 Å². The summed E-state index contributed by atoms with van der Waals surface area (Å²) in [5, 5.41) is 2.80. The standard InChI is InChI=1S/C15H16N2O4/c1-10-13(4-7-20-10)15(18)17-11-2-5-16-14(8-11)21-12-3-6-19-9-12/h2,4-5,7-8,12H,3,6,9H2,1H3,(H,16,17,18)/t12-/m1/s1. The Hall–Kier alpha value is -2.34. The van der Waals surface area contributed by atoms with E-state index in [1.165, 1.54) is 6.26 Å². The Morgan fingerprint density at radius 3 is 3.10 bits per heavy atom. The van der Waals surface area contributed by atoms with E-state index in [9.17, 15) is 4.79 Å². The number of pyridine rings is 1. The van der Waals surface area contributed by atoms with Crippen LogP contribution in [0.3, 0.4) is 0 Å². The number of nitrogens with zero attached hydrogens (tertiary/aromatic N) is 1. The van der Waals surface area contributed by atoms with Gasteiger partial charge in [-0.05, 0) is 19.1 Å². The Balaban J connectivity index is 1.68. The summed E-state index contributed by atoms with van der Waals surface area (Å²) in [4.78, 5) is 16.2. The van der Waals surface area contributed by atoms with Gasteiger partial charge in [0.25, 0.3) is 5.91 Å². The van der Waals surface area contributed by atoms with E-state index in [2.05, 4.69) is 10.3 Å². The number of anilines is 1. The van der Waals surface area contributed by atoms with Gasteiger partial charge >= 0.3 is 0 Å². The summed E-state index contributed by atoms with van der Waals surface area (Å²) in [5.41, 5.74) is 1.14. The maximum Gasteiger partial charge on any atom is 0.259 e. The number of rotatable bonds is 4. The van der Waals surface area contributed by atoms with Crippen LogP contribution in [0.4, 0.5) is 5.69 Å². The third-order valence-corrected chi connectivity index (χ3v) is 3.27. The largest absolute Gasteiger partial charge is 0.472 e. The third kappa shape index (κ3) is 3.22. The van der Waals surface area contributed by atoms with Crippen LogP contribution in [0.1, 0.15) is 22.5 Å². The smallest absolute Gasteiger partial charge is 0.259 e. The second kappa shape index (κ2) is 5.97. The van der Waals surface area contributed by atoms with Gasteiger partial charge in [0.2, 0.25) is 5.88 Å². The molecule has 1 saturated heterocycles. The molecule has 2 aromatic rings. The fourth-order valence-corrected chi connectivity index (χ4v) is 2.15. The van der Waals surface area contributed by atoms with Crippen molar-refractivity contribution in [1.82, 2.24) is 4.98 Å². The maximum atomic E-state index is 12.1. The van der Waals surface area contributed by atoms with Crippen molar-refractivity contribution in [3.8, 4) is 5.88 Å². The molecular weight excluding hydrogens is 272 g/mol. The van der Waals surface area contributed by atoms with Crippen LogP contribution in [0, 0.1) is 6.92 Å². The summed E-state index contributed by atoms with van der Waals surface area (Å²) in [6.45, 7) is 3.03. The van der Waals surface area contributed by atoms with Gasteiger partial charge in [-0.2, -0.15) is 0 Å². The molecule has 0 aromatic carbocycles. The Bertz CT molecular complexity index is 632. The lowest BCUT2D eigenvalue weighted by molar-refractivity contribution is 0.102. The van der Waals surface area contributed by atoms with Crippen molar-refractivity contribution in [1.29, 1.82) is 0 Å². The zero-order chi connectivity index (χ0) is 14.7. The number of aromatic nitrogens is 1. The fourth-order valence-electron chi connectivity index (χ4n) is 2.15. The maximum absolute atomic E-state index is 12.1. The van der Waals surface area contributed by atoms with Crippen LogP contribution >= 0.6 is 0 Å². The molecule has 3 heterocycles.